The minimum absolute atomic E-state index is 0. The zero-order chi connectivity index (χ0) is 56.0. The first-order chi connectivity index (χ1) is 37.8. The maximum Gasteiger partial charge on any atom is 2.00 e. The van der Waals surface area contributed by atoms with Crippen molar-refractivity contribution in [3.05, 3.63) is 215 Å². The number of unbranched alkanes of at least 4 members (excludes halogenated alkanes) is 2. The van der Waals surface area contributed by atoms with Crippen molar-refractivity contribution in [2.75, 3.05) is 79.3 Å². The predicted molar refractivity (Wildman–Crippen MR) is 326 cm³/mol. The first-order valence-electron chi connectivity index (χ1n) is 28.8. The fraction of sp³-hybridized carbons (Fsp3) is 0.493. The van der Waals surface area contributed by atoms with Gasteiger partial charge in [-0.05, 0) is 77.0 Å². The van der Waals surface area contributed by atoms with Gasteiger partial charge in [0.1, 0.15) is 0 Å². The third-order valence-electron chi connectivity index (χ3n) is 11.0. The van der Waals surface area contributed by atoms with Gasteiger partial charge in [-0.3, -0.25) is 0 Å². The molecule has 0 N–H and O–H groups in total. The van der Waals surface area contributed by atoms with Crippen molar-refractivity contribution in [3.63, 3.8) is 0 Å². The molecule has 81 heavy (non-hydrogen) atoms. The summed E-state index contributed by atoms with van der Waals surface area (Å²) in [5.41, 5.74) is 7.74. The zero-order valence-electron chi connectivity index (χ0n) is 50.8. The van der Waals surface area contributed by atoms with E-state index in [2.05, 4.69) is 91.8 Å². The standard InChI is InChI=1S/6C7H7.C5H12.6C4H8O.4Fe/c6*1-7-5-3-2-4-6-7;1-3-5-4-2;6*1-2-4-5-3-1;;;;/h6*3-6H,1H3;3-5H2,1-2H3;6*1-4H2;;;;/q6*-1;;;;;;;;;;2*+2. The molecule has 6 aliphatic heterocycles. The molecule has 0 atom stereocenters. The Bertz CT molecular complexity index is 1530. The Kier molecular flexibility index (Phi) is 78.6. The molecule has 6 aromatic carbocycles. The van der Waals surface area contributed by atoms with Crippen LogP contribution < -0.4 is 0 Å². The Hall–Kier alpha value is -2.84. The van der Waals surface area contributed by atoms with E-state index in [1.807, 2.05) is 146 Å². The summed E-state index contributed by atoms with van der Waals surface area (Å²) in [5.74, 6) is 0. The molecule has 6 nitrogen and oxygen atoms in total. The summed E-state index contributed by atoms with van der Waals surface area (Å²) in [4.78, 5) is 0. The van der Waals surface area contributed by atoms with Crippen LogP contribution in [0.25, 0.3) is 0 Å². The maximum atomic E-state index is 4.94. The fourth-order valence-electron chi connectivity index (χ4n) is 6.24. The average Bonchev–Trinajstić information content (AvgIpc) is 4.33. The van der Waals surface area contributed by atoms with Gasteiger partial charge in [0, 0.05) is 113 Å². The molecule has 456 valence electrons. The van der Waals surface area contributed by atoms with Crippen LogP contribution in [0, 0.1) is 77.9 Å². The predicted octanol–water partition coefficient (Wildman–Crippen LogP) is 17.7. The van der Waals surface area contributed by atoms with Gasteiger partial charge in [-0.15, -0.1) is 0 Å². The average molecular weight is 1270 g/mol. The Morgan fingerprint density at radius 1 is 0.247 bits per heavy atom. The largest absolute Gasteiger partial charge is 2.00 e. The first kappa shape index (κ1) is 86.9. The van der Waals surface area contributed by atoms with Crippen LogP contribution >= 0.6 is 0 Å². The second-order valence-electron chi connectivity index (χ2n) is 18.7. The number of aryl methyl sites for hydroxylation is 6. The van der Waals surface area contributed by atoms with Crippen LogP contribution in [0.15, 0.2) is 146 Å². The molecule has 6 aliphatic rings. The van der Waals surface area contributed by atoms with Crippen molar-refractivity contribution in [2.24, 2.45) is 0 Å². The number of rotatable bonds is 2. The monoisotopic (exact) mass is 1270 g/mol. The summed E-state index contributed by atoms with van der Waals surface area (Å²) in [6, 6.07) is 64.9. The Morgan fingerprint density at radius 2 is 0.358 bits per heavy atom. The molecular weight excluding hydrogens is 1170 g/mol. The number of hydrogen-bond donors (Lipinski definition) is 0. The van der Waals surface area contributed by atoms with Gasteiger partial charge >= 0.3 is 34.1 Å². The van der Waals surface area contributed by atoms with Crippen molar-refractivity contribution < 1.29 is 96.7 Å². The van der Waals surface area contributed by atoms with Crippen molar-refractivity contribution in [3.8, 4) is 0 Å². The van der Waals surface area contributed by atoms with E-state index >= 15 is 0 Å². The Morgan fingerprint density at radius 3 is 0.395 bits per heavy atom. The van der Waals surface area contributed by atoms with Crippen LogP contribution in [0.5, 0.6) is 0 Å². The van der Waals surface area contributed by atoms with E-state index in [-0.39, 0.29) is 68.3 Å². The van der Waals surface area contributed by atoms with Crippen LogP contribution in [0.3, 0.4) is 0 Å². The van der Waals surface area contributed by atoms with E-state index in [0.717, 1.165) is 79.3 Å². The molecule has 12 rings (SSSR count). The van der Waals surface area contributed by atoms with Crippen LogP contribution in [-0.4, -0.2) is 79.3 Å². The second-order valence-corrected chi connectivity index (χ2v) is 18.7. The van der Waals surface area contributed by atoms with Gasteiger partial charge < -0.3 is 28.4 Å². The van der Waals surface area contributed by atoms with Crippen molar-refractivity contribution in [2.45, 2.75) is 152 Å². The van der Waals surface area contributed by atoms with Crippen LogP contribution in [0.4, 0.5) is 0 Å². The maximum absolute atomic E-state index is 4.94. The van der Waals surface area contributed by atoms with E-state index in [9.17, 15) is 0 Å². The molecule has 0 aromatic heterocycles. The molecule has 0 radical (unpaired) electrons. The minimum Gasteiger partial charge on any atom is -0.381 e. The topological polar surface area (TPSA) is 55.4 Å². The number of hydrogen-bond acceptors (Lipinski definition) is 6. The van der Waals surface area contributed by atoms with Gasteiger partial charge in [-0.25, -0.2) is 0 Å². The van der Waals surface area contributed by atoms with Gasteiger partial charge in [0.25, 0.3) is 0 Å². The van der Waals surface area contributed by atoms with Crippen molar-refractivity contribution in [1.29, 1.82) is 0 Å². The smallest absolute Gasteiger partial charge is 0.381 e. The fourth-order valence-corrected chi connectivity index (χ4v) is 6.24. The summed E-state index contributed by atoms with van der Waals surface area (Å²) in [5, 5.41) is 0. The van der Waals surface area contributed by atoms with E-state index < -0.39 is 0 Å². The van der Waals surface area contributed by atoms with Gasteiger partial charge in [0.05, 0.1) is 0 Å². The summed E-state index contributed by atoms with van der Waals surface area (Å²) >= 11 is 0. The SMILES string of the molecule is C1CCOC1.C1CCOC1.C1CCOC1.C1CCOC1.C1CCOC1.C1CCOC1.CCCCC.Cc1cc[c-]cc1.Cc1cc[c-]cc1.Cc1cc[c-]cc1.Cc1cc[c-]cc1.Cc1cc[c-]cc1.Cc1cc[c-]cc1.[Fe+2].[Fe+2].[Fe].[Fe]. The summed E-state index contributed by atoms with van der Waals surface area (Å²) in [7, 11) is 0. The van der Waals surface area contributed by atoms with Gasteiger partial charge in [-0.2, -0.15) is 215 Å². The molecular formula is C71H102Fe4O6-2. The zero-order valence-corrected chi connectivity index (χ0v) is 55.2. The molecule has 0 bridgehead atoms. The molecule has 0 unspecified atom stereocenters. The number of benzene rings is 6. The van der Waals surface area contributed by atoms with E-state index in [4.69, 9.17) is 28.4 Å². The molecule has 6 heterocycles. The van der Waals surface area contributed by atoms with E-state index in [0.29, 0.717) is 0 Å². The molecule has 6 aromatic rings. The molecule has 10 heteroatoms. The third-order valence-corrected chi connectivity index (χ3v) is 11.0. The van der Waals surface area contributed by atoms with Crippen LogP contribution in [0.1, 0.15) is 144 Å². The molecule has 0 spiro atoms. The molecule has 0 saturated carbocycles. The van der Waals surface area contributed by atoms with Crippen LogP contribution in [-0.2, 0) is 96.7 Å². The molecule has 0 aliphatic carbocycles. The molecule has 6 fully saturated rings. The third kappa shape index (κ3) is 73.2. The Labute approximate surface area is 539 Å². The van der Waals surface area contributed by atoms with Gasteiger partial charge in [0.2, 0.25) is 0 Å². The Balaban J connectivity index is -0.000000257. The minimum atomic E-state index is 0. The van der Waals surface area contributed by atoms with E-state index in [1.54, 1.807) is 0 Å². The number of ether oxygens (including phenoxy) is 6. The van der Waals surface area contributed by atoms with Crippen LogP contribution in [0.2, 0.25) is 0 Å². The van der Waals surface area contributed by atoms with Crippen molar-refractivity contribution >= 4 is 0 Å². The second kappa shape index (κ2) is 73.3. The van der Waals surface area contributed by atoms with E-state index in [1.165, 1.54) is 130 Å². The summed E-state index contributed by atoms with van der Waals surface area (Å²) in [6.45, 7) is 28.8. The summed E-state index contributed by atoms with van der Waals surface area (Å²) in [6.07, 6.45) is 19.4. The summed E-state index contributed by atoms with van der Waals surface area (Å²) < 4.78 is 29.7. The van der Waals surface area contributed by atoms with Gasteiger partial charge in [-0.1, -0.05) is 74.7 Å². The first-order valence-corrected chi connectivity index (χ1v) is 28.8. The quantitative estimate of drug-likeness (QED) is 0.127. The molecule has 0 amide bonds. The van der Waals surface area contributed by atoms with Gasteiger partial charge in [0.15, 0.2) is 0 Å². The normalized spacial score (nSPS) is 13.9. The molecule has 6 saturated heterocycles. The van der Waals surface area contributed by atoms with Crippen molar-refractivity contribution in [1.82, 2.24) is 0 Å².